The highest BCUT2D eigenvalue weighted by atomic mass is 16.6. The first-order valence-electron chi connectivity index (χ1n) is 8.87. The fraction of sp³-hybridized carbons (Fsp3) is 0.421. The molecule has 2 heterocycles. The van der Waals surface area contributed by atoms with Crippen LogP contribution in [0.2, 0.25) is 0 Å². The average molecular weight is 369 g/mol. The van der Waals surface area contributed by atoms with Gasteiger partial charge >= 0.3 is 6.09 Å². The van der Waals surface area contributed by atoms with Crippen LogP contribution in [0.25, 0.3) is 11.0 Å². The zero-order chi connectivity index (χ0) is 19.4. The van der Waals surface area contributed by atoms with Crippen molar-refractivity contribution < 1.29 is 14.3 Å². The van der Waals surface area contributed by atoms with Gasteiger partial charge in [-0.3, -0.25) is 19.7 Å². The van der Waals surface area contributed by atoms with Crippen LogP contribution in [0.1, 0.15) is 39.2 Å². The number of nitrogens with zero attached hydrogens (tertiary/aromatic N) is 4. The van der Waals surface area contributed by atoms with Gasteiger partial charge in [0.05, 0.1) is 17.2 Å². The SMILES string of the molecule is CC(C)(C)OC(=O)N1CCC[C@H]1C(=O)N/N=C\c1cccc2nccnc12. The smallest absolute Gasteiger partial charge is 0.410 e. The Bertz CT molecular complexity index is 870. The van der Waals surface area contributed by atoms with Gasteiger partial charge in [-0.05, 0) is 39.7 Å². The van der Waals surface area contributed by atoms with Gasteiger partial charge in [-0.1, -0.05) is 12.1 Å². The molecule has 0 bridgehead atoms. The van der Waals surface area contributed by atoms with E-state index in [4.69, 9.17) is 4.74 Å². The van der Waals surface area contributed by atoms with Crippen molar-refractivity contribution in [2.75, 3.05) is 6.54 Å². The van der Waals surface area contributed by atoms with Crippen LogP contribution in [0.5, 0.6) is 0 Å². The average Bonchev–Trinajstić information content (AvgIpc) is 3.10. The number of carbonyl (C=O) groups is 2. The van der Waals surface area contributed by atoms with Crippen LogP contribution < -0.4 is 5.43 Å². The van der Waals surface area contributed by atoms with Gasteiger partial charge in [-0.2, -0.15) is 5.10 Å². The van der Waals surface area contributed by atoms with Crippen molar-refractivity contribution in [3.63, 3.8) is 0 Å². The van der Waals surface area contributed by atoms with Gasteiger partial charge in [0, 0.05) is 24.5 Å². The third kappa shape index (κ3) is 4.58. The number of para-hydroxylation sites is 1. The summed E-state index contributed by atoms with van der Waals surface area (Å²) in [5.74, 6) is -0.332. The van der Waals surface area contributed by atoms with Gasteiger partial charge in [-0.15, -0.1) is 0 Å². The molecule has 1 aliphatic rings. The maximum atomic E-state index is 12.5. The van der Waals surface area contributed by atoms with Crippen molar-refractivity contribution >= 4 is 29.2 Å². The number of hydrogen-bond acceptors (Lipinski definition) is 6. The zero-order valence-corrected chi connectivity index (χ0v) is 15.7. The lowest BCUT2D eigenvalue weighted by Crippen LogP contribution is -2.46. The number of ether oxygens (including phenoxy) is 1. The summed E-state index contributed by atoms with van der Waals surface area (Å²) in [5, 5.41) is 4.03. The normalized spacial score (nSPS) is 17.4. The molecule has 8 nitrogen and oxygen atoms in total. The van der Waals surface area contributed by atoms with Crippen LogP contribution in [-0.4, -0.2) is 51.3 Å². The van der Waals surface area contributed by atoms with Crippen molar-refractivity contribution in [1.82, 2.24) is 20.3 Å². The summed E-state index contributed by atoms with van der Waals surface area (Å²) in [6, 6.07) is 4.97. The number of benzene rings is 1. The highest BCUT2D eigenvalue weighted by Gasteiger charge is 2.36. The molecule has 1 N–H and O–H groups in total. The number of amides is 2. The van der Waals surface area contributed by atoms with Gasteiger partial charge in [0.2, 0.25) is 0 Å². The third-order valence-corrected chi connectivity index (χ3v) is 4.09. The molecule has 1 saturated heterocycles. The Morgan fingerprint density at radius 2 is 2.07 bits per heavy atom. The number of hydrogen-bond donors (Lipinski definition) is 1. The Morgan fingerprint density at radius 1 is 1.30 bits per heavy atom. The number of carbonyl (C=O) groups excluding carboxylic acids is 2. The number of nitrogens with one attached hydrogen (secondary N) is 1. The Morgan fingerprint density at radius 3 is 2.85 bits per heavy atom. The molecule has 1 aliphatic heterocycles. The molecule has 0 spiro atoms. The van der Waals surface area contributed by atoms with Crippen molar-refractivity contribution in [2.24, 2.45) is 5.10 Å². The number of aromatic nitrogens is 2. The van der Waals surface area contributed by atoms with Gasteiger partial charge in [0.15, 0.2) is 0 Å². The maximum absolute atomic E-state index is 12.5. The zero-order valence-electron chi connectivity index (χ0n) is 15.7. The van der Waals surface area contributed by atoms with E-state index in [9.17, 15) is 9.59 Å². The highest BCUT2D eigenvalue weighted by Crippen LogP contribution is 2.21. The third-order valence-electron chi connectivity index (χ3n) is 4.09. The summed E-state index contributed by atoms with van der Waals surface area (Å²) in [4.78, 5) is 34.7. The molecule has 1 atom stereocenters. The number of likely N-dealkylation sites (tertiary alicyclic amines) is 1. The first-order valence-corrected chi connectivity index (χ1v) is 8.87. The summed E-state index contributed by atoms with van der Waals surface area (Å²) in [5.41, 5.74) is 4.11. The summed E-state index contributed by atoms with van der Waals surface area (Å²) in [6.07, 6.45) is 5.61. The Hall–Kier alpha value is -3.03. The number of hydrazone groups is 1. The summed E-state index contributed by atoms with van der Waals surface area (Å²) in [7, 11) is 0. The molecule has 0 saturated carbocycles. The molecule has 2 aromatic rings. The standard InChI is InChI=1S/C19H23N5O3/c1-19(2,3)27-18(26)24-11-5-8-15(24)17(25)23-22-12-13-6-4-7-14-16(13)21-10-9-20-14/h4,6-7,9-10,12,15H,5,8,11H2,1-3H3,(H,23,25)/b22-12-/t15-/m0/s1. The molecule has 1 fully saturated rings. The van der Waals surface area contributed by atoms with E-state index in [2.05, 4.69) is 20.5 Å². The Balaban J connectivity index is 1.66. The molecule has 0 aliphatic carbocycles. The Kier molecular flexibility index (Phi) is 5.34. The number of fused-ring (bicyclic) bond motifs is 1. The molecule has 142 valence electrons. The topological polar surface area (TPSA) is 96.8 Å². The molecular formula is C19H23N5O3. The van der Waals surface area contributed by atoms with E-state index in [1.165, 1.54) is 11.1 Å². The van der Waals surface area contributed by atoms with Crippen molar-refractivity contribution in [1.29, 1.82) is 0 Å². The van der Waals surface area contributed by atoms with Crippen LogP contribution in [0, 0.1) is 0 Å². The molecule has 27 heavy (non-hydrogen) atoms. The predicted octanol–water partition coefficient (Wildman–Crippen LogP) is 2.48. The quantitative estimate of drug-likeness (QED) is 0.662. The lowest BCUT2D eigenvalue weighted by Gasteiger charge is -2.27. The lowest BCUT2D eigenvalue weighted by atomic mass is 10.2. The molecule has 3 rings (SSSR count). The number of rotatable bonds is 3. The second-order valence-corrected chi connectivity index (χ2v) is 7.34. The van der Waals surface area contributed by atoms with Crippen molar-refractivity contribution in [3.05, 3.63) is 36.2 Å². The largest absolute Gasteiger partial charge is 0.444 e. The first kappa shape index (κ1) is 18.8. The molecule has 0 radical (unpaired) electrons. The van der Waals surface area contributed by atoms with E-state index >= 15 is 0 Å². The molecule has 0 unspecified atom stereocenters. The molecular weight excluding hydrogens is 346 g/mol. The van der Waals surface area contributed by atoms with E-state index in [1.807, 2.05) is 18.2 Å². The van der Waals surface area contributed by atoms with Crippen LogP contribution in [0.15, 0.2) is 35.7 Å². The molecule has 8 heteroatoms. The Labute approximate surface area is 157 Å². The van der Waals surface area contributed by atoms with E-state index in [1.54, 1.807) is 33.2 Å². The van der Waals surface area contributed by atoms with Gasteiger partial charge in [-0.25, -0.2) is 10.2 Å². The molecule has 2 amide bonds. The van der Waals surface area contributed by atoms with Crippen molar-refractivity contribution in [2.45, 2.75) is 45.3 Å². The van der Waals surface area contributed by atoms with Crippen LogP contribution >= 0.6 is 0 Å². The molecule has 1 aromatic carbocycles. The molecule has 1 aromatic heterocycles. The monoisotopic (exact) mass is 369 g/mol. The van der Waals surface area contributed by atoms with E-state index in [-0.39, 0.29) is 5.91 Å². The summed E-state index contributed by atoms with van der Waals surface area (Å²) >= 11 is 0. The minimum absolute atomic E-state index is 0.332. The van der Waals surface area contributed by atoms with Crippen LogP contribution in [0.3, 0.4) is 0 Å². The fourth-order valence-electron chi connectivity index (χ4n) is 2.94. The summed E-state index contributed by atoms with van der Waals surface area (Å²) in [6.45, 7) is 5.89. The minimum atomic E-state index is -0.603. The van der Waals surface area contributed by atoms with Crippen LogP contribution in [0.4, 0.5) is 4.79 Å². The lowest BCUT2D eigenvalue weighted by molar-refractivity contribution is -0.125. The highest BCUT2D eigenvalue weighted by molar-refractivity contribution is 5.96. The van der Waals surface area contributed by atoms with Gasteiger partial charge in [0.25, 0.3) is 5.91 Å². The fourth-order valence-corrected chi connectivity index (χ4v) is 2.94. The van der Waals surface area contributed by atoms with Crippen molar-refractivity contribution in [3.8, 4) is 0 Å². The first-order chi connectivity index (χ1) is 12.8. The maximum Gasteiger partial charge on any atom is 0.410 e. The summed E-state index contributed by atoms with van der Waals surface area (Å²) < 4.78 is 5.38. The second-order valence-electron chi connectivity index (χ2n) is 7.34. The van der Waals surface area contributed by atoms with E-state index in [0.29, 0.717) is 18.5 Å². The van der Waals surface area contributed by atoms with Gasteiger partial charge < -0.3 is 4.74 Å². The minimum Gasteiger partial charge on any atom is -0.444 e. The second kappa shape index (κ2) is 7.69. The predicted molar refractivity (Wildman–Crippen MR) is 101 cm³/mol. The van der Waals surface area contributed by atoms with E-state index in [0.717, 1.165) is 17.5 Å². The van der Waals surface area contributed by atoms with Crippen LogP contribution in [-0.2, 0) is 9.53 Å². The van der Waals surface area contributed by atoms with E-state index < -0.39 is 17.7 Å². The van der Waals surface area contributed by atoms with Gasteiger partial charge in [0.1, 0.15) is 11.6 Å².